The molecule has 19 heavy (non-hydrogen) atoms. The van der Waals surface area contributed by atoms with Crippen LogP contribution in [-0.2, 0) is 9.53 Å². The molecule has 0 radical (unpaired) electrons. The standard InChI is InChI=1S/C14H16ClIO3/c1-13(2,3)19-12(17)14(6-7-14)18-11-8-9(15)4-5-10(11)16/h4-5,8H,6-7H2,1-3H3. The molecule has 3 nitrogen and oxygen atoms in total. The predicted molar refractivity (Wildman–Crippen MR) is 82.6 cm³/mol. The molecule has 5 heteroatoms. The summed E-state index contributed by atoms with van der Waals surface area (Å²) in [7, 11) is 0. The molecule has 0 amide bonds. The summed E-state index contributed by atoms with van der Waals surface area (Å²) in [6.07, 6.45) is 1.37. The molecule has 2 rings (SSSR count). The molecule has 0 aromatic heterocycles. The molecule has 0 bridgehead atoms. The molecule has 0 heterocycles. The summed E-state index contributed by atoms with van der Waals surface area (Å²) in [6, 6.07) is 5.39. The summed E-state index contributed by atoms with van der Waals surface area (Å²) < 4.78 is 12.2. The molecule has 0 unspecified atom stereocenters. The zero-order valence-electron chi connectivity index (χ0n) is 11.1. The Morgan fingerprint density at radius 2 is 2.00 bits per heavy atom. The van der Waals surface area contributed by atoms with E-state index < -0.39 is 11.2 Å². The van der Waals surface area contributed by atoms with E-state index in [1.807, 2.05) is 26.8 Å². The molecule has 0 aliphatic heterocycles. The van der Waals surface area contributed by atoms with Crippen LogP contribution in [0.3, 0.4) is 0 Å². The first-order valence-corrected chi connectivity index (χ1v) is 7.55. The predicted octanol–water partition coefficient (Wildman–Crippen LogP) is 4.20. The van der Waals surface area contributed by atoms with Crippen LogP contribution in [0.25, 0.3) is 0 Å². The lowest BCUT2D eigenvalue weighted by Crippen LogP contribution is -2.37. The van der Waals surface area contributed by atoms with Gasteiger partial charge in [0.25, 0.3) is 0 Å². The molecule has 1 aliphatic carbocycles. The highest BCUT2D eigenvalue weighted by Gasteiger charge is 2.55. The molecular formula is C14H16ClIO3. The Labute approximate surface area is 131 Å². The van der Waals surface area contributed by atoms with E-state index in [-0.39, 0.29) is 5.97 Å². The van der Waals surface area contributed by atoms with Crippen LogP contribution in [0.15, 0.2) is 18.2 Å². The van der Waals surface area contributed by atoms with Crippen LogP contribution in [0.5, 0.6) is 5.75 Å². The van der Waals surface area contributed by atoms with E-state index in [1.54, 1.807) is 12.1 Å². The fourth-order valence-electron chi connectivity index (χ4n) is 1.60. The zero-order valence-corrected chi connectivity index (χ0v) is 14.0. The Morgan fingerprint density at radius 1 is 1.37 bits per heavy atom. The molecule has 1 aliphatic rings. The van der Waals surface area contributed by atoms with Gasteiger partial charge in [-0.3, -0.25) is 0 Å². The van der Waals surface area contributed by atoms with E-state index >= 15 is 0 Å². The van der Waals surface area contributed by atoms with Gasteiger partial charge in [0.05, 0.1) is 3.57 Å². The number of rotatable bonds is 3. The molecule has 104 valence electrons. The molecule has 1 fully saturated rings. The van der Waals surface area contributed by atoms with Crippen molar-refractivity contribution in [2.24, 2.45) is 0 Å². The van der Waals surface area contributed by atoms with Crippen LogP contribution in [0, 0.1) is 3.57 Å². The van der Waals surface area contributed by atoms with Crippen molar-refractivity contribution in [3.63, 3.8) is 0 Å². The van der Waals surface area contributed by atoms with E-state index in [2.05, 4.69) is 22.6 Å². The first-order valence-electron chi connectivity index (χ1n) is 6.09. The quantitative estimate of drug-likeness (QED) is 0.569. The Hall–Kier alpha value is -0.490. The van der Waals surface area contributed by atoms with Gasteiger partial charge in [0.1, 0.15) is 11.4 Å². The summed E-state index contributed by atoms with van der Waals surface area (Å²) in [5.41, 5.74) is -1.32. The highest BCUT2D eigenvalue weighted by atomic mass is 127. The average molecular weight is 395 g/mol. The van der Waals surface area contributed by atoms with Crippen molar-refractivity contribution in [3.05, 3.63) is 26.8 Å². The summed E-state index contributed by atoms with van der Waals surface area (Å²) in [4.78, 5) is 12.2. The fourth-order valence-corrected chi connectivity index (χ4v) is 2.21. The van der Waals surface area contributed by atoms with Crippen molar-refractivity contribution in [1.29, 1.82) is 0 Å². The molecule has 0 spiro atoms. The minimum atomic E-state index is -0.822. The van der Waals surface area contributed by atoms with Crippen molar-refractivity contribution in [2.45, 2.75) is 44.8 Å². The maximum atomic E-state index is 12.2. The zero-order chi connectivity index (χ0) is 14.3. The largest absolute Gasteiger partial charge is 0.474 e. The third kappa shape index (κ3) is 3.75. The number of carbonyl (C=O) groups is 1. The van der Waals surface area contributed by atoms with Crippen molar-refractivity contribution < 1.29 is 14.3 Å². The topological polar surface area (TPSA) is 35.5 Å². The van der Waals surface area contributed by atoms with Crippen LogP contribution in [0.2, 0.25) is 5.02 Å². The maximum absolute atomic E-state index is 12.2. The normalized spacial score (nSPS) is 16.9. The number of benzene rings is 1. The molecule has 0 saturated heterocycles. The monoisotopic (exact) mass is 394 g/mol. The van der Waals surface area contributed by atoms with Crippen LogP contribution in [-0.4, -0.2) is 17.2 Å². The van der Waals surface area contributed by atoms with Crippen LogP contribution >= 0.6 is 34.2 Å². The second-order valence-electron chi connectivity index (χ2n) is 5.67. The number of ether oxygens (including phenoxy) is 2. The number of hydrogen-bond acceptors (Lipinski definition) is 3. The first-order chi connectivity index (χ1) is 8.72. The fraction of sp³-hybridized carbons (Fsp3) is 0.500. The number of carbonyl (C=O) groups excluding carboxylic acids is 1. The van der Waals surface area contributed by atoms with Gasteiger partial charge in [0.15, 0.2) is 0 Å². The molecular weight excluding hydrogens is 379 g/mol. The highest BCUT2D eigenvalue weighted by Crippen LogP contribution is 2.43. The lowest BCUT2D eigenvalue weighted by atomic mass is 10.2. The molecule has 1 saturated carbocycles. The van der Waals surface area contributed by atoms with Gasteiger partial charge >= 0.3 is 5.97 Å². The molecule has 1 aromatic rings. The van der Waals surface area contributed by atoms with E-state index in [0.717, 1.165) is 3.57 Å². The van der Waals surface area contributed by atoms with Gasteiger partial charge in [-0.2, -0.15) is 0 Å². The summed E-state index contributed by atoms with van der Waals surface area (Å²) in [6.45, 7) is 5.55. The van der Waals surface area contributed by atoms with Gasteiger partial charge in [-0.25, -0.2) is 4.79 Å². The Kier molecular flexibility index (Phi) is 4.02. The lowest BCUT2D eigenvalue weighted by Gasteiger charge is -2.24. The van der Waals surface area contributed by atoms with E-state index in [9.17, 15) is 4.79 Å². The van der Waals surface area contributed by atoms with Gasteiger partial charge in [0, 0.05) is 17.9 Å². The Bertz CT molecular complexity index is 504. The second-order valence-corrected chi connectivity index (χ2v) is 7.27. The van der Waals surface area contributed by atoms with Crippen molar-refractivity contribution in [1.82, 2.24) is 0 Å². The summed E-state index contributed by atoms with van der Waals surface area (Å²) in [5, 5.41) is 0.593. The smallest absolute Gasteiger partial charge is 0.351 e. The second kappa shape index (κ2) is 5.13. The number of hydrogen-bond donors (Lipinski definition) is 0. The van der Waals surface area contributed by atoms with Gasteiger partial charge in [-0.15, -0.1) is 0 Å². The number of esters is 1. The van der Waals surface area contributed by atoms with Crippen molar-refractivity contribution >= 4 is 40.2 Å². The van der Waals surface area contributed by atoms with Crippen molar-refractivity contribution in [3.8, 4) is 5.75 Å². The summed E-state index contributed by atoms with van der Waals surface area (Å²) >= 11 is 8.11. The van der Waals surface area contributed by atoms with E-state index in [0.29, 0.717) is 23.6 Å². The first kappa shape index (κ1) is 14.9. The molecule has 0 atom stereocenters. The van der Waals surface area contributed by atoms with Crippen LogP contribution < -0.4 is 4.74 Å². The van der Waals surface area contributed by atoms with E-state index in [1.165, 1.54) is 0 Å². The lowest BCUT2D eigenvalue weighted by molar-refractivity contribution is -0.165. The van der Waals surface area contributed by atoms with Gasteiger partial charge in [-0.1, -0.05) is 11.6 Å². The maximum Gasteiger partial charge on any atom is 0.351 e. The van der Waals surface area contributed by atoms with E-state index in [4.69, 9.17) is 21.1 Å². The van der Waals surface area contributed by atoms with Gasteiger partial charge in [0.2, 0.25) is 5.60 Å². The van der Waals surface area contributed by atoms with Crippen molar-refractivity contribution in [2.75, 3.05) is 0 Å². The van der Waals surface area contributed by atoms with Crippen LogP contribution in [0.1, 0.15) is 33.6 Å². The summed E-state index contributed by atoms with van der Waals surface area (Å²) in [5.74, 6) is 0.340. The highest BCUT2D eigenvalue weighted by molar-refractivity contribution is 14.1. The minimum absolute atomic E-state index is 0.296. The Morgan fingerprint density at radius 3 is 2.53 bits per heavy atom. The van der Waals surface area contributed by atoms with Gasteiger partial charge < -0.3 is 9.47 Å². The average Bonchev–Trinajstić information content (AvgIpc) is 3.02. The van der Waals surface area contributed by atoms with Crippen LogP contribution in [0.4, 0.5) is 0 Å². The molecule has 0 N–H and O–H groups in total. The third-order valence-electron chi connectivity index (χ3n) is 2.67. The third-order valence-corrected chi connectivity index (χ3v) is 3.80. The number of halogens is 2. The SMILES string of the molecule is CC(C)(C)OC(=O)C1(Oc2cc(Cl)ccc2I)CC1. The molecule has 1 aromatic carbocycles. The van der Waals surface area contributed by atoms with Gasteiger partial charge in [-0.05, 0) is 61.6 Å². The Balaban J connectivity index is 2.14. The minimum Gasteiger partial charge on any atom is -0.474 e.